The van der Waals surface area contributed by atoms with Gasteiger partial charge < -0.3 is 9.64 Å². The molecule has 0 amide bonds. The van der Waals surface area contributed by atoms with Crippen LogP contribution in [0.5, 0.6) is 5.75 Å². The van der Waals surface area contributed by atoms with E-state index < -0.39 is 0 Å². The van der Waals surface area contributed by atoms with Crippen LogP contribution >= 0.6 is 31.9 Å². The second-order valence-corrected chi connectivity index (χ2v) is 12.7. The molecule has 0 radical (unpaired) electrons. The number of hydrogen-bond donors (Lipinski definition) is 0. The zero-order valence-electron chi connectivity index (χ0n) is 20.0. The highest BCUT2D eigenvalue weighted by molar-refractivity contribution is 9.11. The van der Waals surface area contributed by atoms with Crippen molar-refractivity contribution in [2.75, 3.05) is 13.7 Å². The number of rotatable bonds is 4. The van der Waals surface area contributed by atoms with Gasteiger partial charge in [0.1, 0.15) is 12.4 Å². The number of halogens is 2. The molecule has 0 atom stereocenters. The van der Waals surface area contributed by atoms with E-state index in [2.05, 4.69) is 71.0 Å². The van der Waals surface area contributed by atoms with Gasteiger partial charge in [-0.3, -0.25) is 9.59 Å². The molecule has 2 aliphatic carbocycles. The second-order valence-electron chi connectivity index (χ2n) is 11.0. The van der Waals surface area contributed by atoms with Gasteiger partial charge in [-0.05, 0) is 73.2 Å². The van der Waals surface area contributed by atoms with Gasteiger partial charge in [0.25, 0.3) is 0 Å². The van der Waals surface area contributed by atoms with Crippen LogP contribution in [0.4, 0.5) is 0 Å². The van der Waals surface area contributed by atoms with E-state index in [0.29, 0.717) is 25.2 Å². The molecule has 3 aliphatic rings. The highest BCUT2D eigenvalue weighted by Gasteiger charge is 2.48. The molecule has 6 heteroatoms. The number of hydrogen-bond acceptors (Lipinski definition) is 4. The zero-order chi connectivity index (χ0) is 24.3. The van der Waals surface area contributed by atoms with Gasteiger partial charge in [0, 0.05) is 48.3 Å². The second kappa shape index (κ2) is 8.53. The van der Waals surface area contributed by atoms with Crippen molar-refractivity contribution in [1.82, 2.24) is 4.90 Å². The van der Waals surface area contributed by atoms with Crippen molar-refractivity contribution in [3.05, 3.63) is 61.8 Å². The number of Topliss-reactive ketones (excluding diaryl/α,β-unsaturated/α-hetero) is 2. The maximum atomic E-state index is 13.6. The summed E-state index contributed by atoms with van der Waals surface area (Å²) in [4.78, 5) is 29.3. The Hall–Kier alpha value is -1.66. The molecule has 1 aliphatic heterocycles. The van der Waals surface area contributed by atoms with Crippen molar-refractivity contribution >= 4 is 43.4 Å². The molecule has 0 fully saturated rings. The van der Waals surface area contributed by atoms with Gasteiger partial charge in [0.2, 0.25) is 0 Å². The fourth-order valence-electron chi connectivity index (χ4n) is 5.52. The summed E-state index contributed by atoms with van der Waals surface area (Å²) in [6.45, 7) is 12.7. The summed E-state index contributed by atoms with van der Waals surface area (Å²) < 4.78 is 7.37. The molecule has 0 bridgehead atoms. The van der Waals surface area contributed by atoms with Crippen LogP contribution in [0.15, 0.2) is 56.3 Å². The van der Waals surface area contributed by atoms with Crippen molar-refractivity contribution < 1.29 is 14.3 Å². The third-order valence-electron chi connectivity index (χ3n) is 6.88. The van der Waals surface area contributed by atoms with Gasteiger partial charge in [-0.1, -0.05) is 40.3 Å². The first-order chi connectivity index (χ1) is 15.3. The molecule has 1 aromatic carbocycles. The van der Waals surface area contributed by atoms with Crippen LogP contribution in [-0.2, 0) is 9.59 Å². The van der Waals surface area contributed by atoms with E-state index in [1.165, 1.54) is 0 Å². The van der Waals surface area contributed by atoms with Crippen LogP contribution in [0.3, 0.4) is 0 Å². The van der Waals surface area contributed by atoms with Crippen molar-refractivity contribution in [2.24, 2.45) is 10.8 Å². The molecule has 0 unspecified atom stereocenters. The standard InChI is InChI=1S/C27H31Br2NO3/c1-7-8-33-25-16(28)9-15(10-17(25)29)22-23-18(11-26(2,3)13-20(23)31)30(6)19-12-27(4,5)14-21(32)24(19)22/h7,9-10,22H,1,8,11-14H2,2-6H3. The summed E-state index contributed by atoms with van der Waals surface area (Å²) in [5.74, 6) is 0.602. The summed E-state index contributed by atoms with van der Waals surface area (Å²) in [5.41, 5.74) is 4.39. The summed E-state index contributed by atoms with van der Waals surface area (Å²) in [7, 11) is 2.03. The fraction of sp³-hybridized carbons (Fsp3) is 0.481. The third kappa shape index (κ3) is 4.41. The van der Waals surface area contributed by atoms with E-state index in [4.69, 9.17) is 4.74 Å². The molecule has 4 rings (SSSR count). The van der Waals surface area contributed by atoms with Gasteiger partial charge in [0.05, 0.1) is 8.95 Å². The van der Waals surface area contributed by atoms with E-state index in [9.17, 15) is 9.59 Å². The molecule has 176 valence electrons. The molecule has 0 spiro atoms. The van der Waals surface area contributed by atoms with Crippen LogP contribution < -0.4 is 4.74 Å². The molecule has 1 heterocycles. The number of carbonyl (C=O) groups is 2. The smallest absolute Gasteiger partial charge is 0.162 e. The Balaban J connectivity index is 1.94. The van der Waals surface area contributed by atoms with E-state index in [0.717, 1.165) is 49.9 Å². The first-order valence-electron chi connectivity index (χ1n) is 11.3. The fourth-order valence-corrected chi connectivity index (χ4v) is 6.98. The van der Waals surface area contributed by atoms with Crippen LogP contribution in [0.1, 0.15) is 64.9 Å². The summed E-state index contributed by atoms with van der Waals surface area (Å²) >= 11 is 7.29. The Morgan fingerprint density at radius 2 is 1.42 bits per heavy atom. The number of allylic oxidation sites excluding steroid dienone is 4. The van der Waals surface area contributed by atoms with Crippen molar-refractivity contribution in [2.45, 2.75) is 59.3 Å². The van der Waals surface area contributed by atoms with Gasteiger partial charge in [-0.2, -0.15) is 0 Å². The molecular weight excluding hydrogens is 546 g/mol. The van der Waals surface area contributed by atoms with Gasteiger partial charge in [-0.15, -0.1) is 0 Å². The quantitative estimate of drug-likeness (QED) is 0.359. The Bertz CT molecular complexity index is 1050. The predicted octanol–water partition coefficient (Wildman–Crippen LogP) is 7.09. The molecule has 0 saturated carbocycles. The average molecular weight is 577 g/mol. The van der Waals surface area contributed by atoms with Crippen LogP contribution in [0, 0.1) is 10.8 Å². The third-order valence-corrected chi connectivity index (χ3v) is 8.06. The largest absolute Gasteiger partial charge is 0.487 e. The van der Waals surface area contributed by atoms with Crippen molar-refractivity contribution in [1.29, 1.82) is 0 Å². The lowest BCUT2D eigenvalue weighted by Gasteiger charge is -2.48. The summed E-state index contributed by atoms with van der Waals surface area (Å²) in [5, 5.41) is 0. The number of nitrogens with zero attached hydrogens (tertiary/aromatic N) is 1. The molecule has 0 saturated heterocycles. The molecule has 1 aromatic rings. The average Bonchev–Trinajstić information content (AvgIpc) is 2.67. The molecule has 0 aromatic heterocycles. The Morgan fingerprint density at radius 1 is 0.970 bits per heavy atom. The minimum Gasteiger partial charge on any atom is -0.487 e. The summed E-state index contributed by atoms with van der Waals surface area (Å²) in [6, 6.07) is 3.99. The summed E-state index contributed by atoms with van der Waals surface area (Å²) in [6.07, 6.45) is 4.30. The van der Waals surface area contributed by atoms with Crippen LogP contribution in [-0.4, -0.2) is 30.1 Å². The monoisotopic (exact) mass is 575 g/mol. The Kier molecular flexibility index (Phi) is 6.32. The van der Waals surface area contributed by atoms with Crippen molar-refractivity contribution in [3.8, 4) is 5.75 Å². The number of ketones is 2. The number of carbonyl (C=O) groups excluding carboxylic acids is 2. The predicted molar refractivity (Wildman–Crippen MR) is 138 cm³/mol. The lowest BCUT2D eigenvalue weighted by Crippen LogP contribution is -2.43. The first-order valence-corrected chi connectivity index (χ1v) is 12.9. The molecule has 4 nitrogen and oxygen atoms in total. The van der Waals surface area contributed by atoms with Gasteiger partial charge in [0.15, 0.2) is 11.6 Å². The van der Waals surface area contributed by atoms with Gasteiger partial charge >= 0.3 is 0 Å². The number of ether oxygens (including phenoxy) is 1. The molecular formula is C27H31Br2NO3. The SMILES string of the molecule is C=CCOc1c(Br)cc(C2C3=C(CC(C)(C)CC3=O)N(C)C3=C2C(=O)CC(C)(C)C3)cc1Br. The van der Waals surface area contributed by atoms with E-state index in [1.807, 2.05) is 19.2 Å². The zero-order valence-corrected chi connectivity index (χ0v) is 23.2. The van der Waals surface area contributed by atoms with Crippen LogP contribution in [0.2, 0.25) is 0 Å². The van der Waals surface area contributed by atoms with E-state index >= 15 is 0 Å². The minimum absolute atomic E-state index is 0.107. The van der Waals surface area contributed by atoms with Crippen molar-refractivity contribution in [3.63, 3.8) is 0 Å². The highest BCUT2D eigenvalue weighted by atomic mass is 79.9. The lowest BCUT2D eigenvalue weighted by atomic mass is 9.64. The highest BCUT2D eigenvalue weighted by Crippen LogP contribution is 2.54. The van der Waals surface area contributed by atoms with E-state index in [-0.39, 0.29) is 28.3 Å². The Morgan fingerprint density at radius 3 is 1.85 bits per heavy atom. The van der Waals surface area contributed by atoms with Crippen LogP contribution in [0.25, 0.3) is 0 Å². The topological polar surface area (TPSA) is 46.6 Å². The maximum absolute atomic E-state index is 13.6. The lowest BCUT2D eigenvalue weighted by molar-refractivity contribution is -0.119. The normalized spacial score (nSPS) is 22.3. The Labute approximate surface area is 213 Å². The minimum atomic E-state index is -0.362. The van der Waals surface area contributed by atoms with E-state index in [1.54, 1.807) is 6.08 Å². The molecule has 0 N–H and O–H groups in total. The maximum Gasteiger partial charge on any atom is 0.162 e. The first kappa shape index (κ1) is 24.5. The van der Waals surface area contributed by atoms with Gasteiger partial charge in [-0.25, -0.2) is 0 Å². The molecule has 33 heavy (non-hydrogen) atoms. The number of benzene rings is 1.